The van der Waals surface area contributed by atoms with Crippen LogP contribution in [0.15, 0.2) is 30.7 Å². The molecule has 6 nitrogen and oxygen atoms in total. The minimum atomic E-state index is -0.179. The third-order valence-corrected chi connectivity index (χ3v) is 2.95. The molecule has 3 aromatic heterocycles. The molecule has 0 saturated heterocycles. The first-order chi connectivity index (χ1) is 9.16. The Morgan fingerprint density at radius 1 is 1.26 bits per heavy atom. The third kappa shape index (κ3) is 1.96. The van der Waals surface area contributed by atoms with Crippen LogP contribution in [0, 0.1) is 6.92 Å². The fourth-order valence-corrected chi connectivity index (χ4v) is 1.98. The number of aromatic nitrogens is 5. The second-order valence-corrected chi connectivity index (χ2v) is 4.46. The Balaban J connectivity index is 2.23. The van der Waals surface area contributed by atoms with Crippen molar-refractivity contribution in [2.75, 3.05) is 0 Å². The lowest BCUT2D eigenvalue weighted by molar-refractivity contribution is 0.697. The van der Waals surface area contributed by atoms with Crippen molar-refractivity contribution in [3.8, 4) is 11.4 Å². The Hall–Kier alpha value is -2.34. The molecule has 3 heterocycles. The Morgan fingerprint density at radius 3 is 2.68 bits per heavy atom. The molecular formula is C13H14N6. The molecule has 0 aromatic carbocycles. The predicted molar refractivity (Wildman–Crippen MR) is 71.4 cm³/mol. The number of hydrogen-bond acceptors (Lipinski definition) is 5. The molecule has 0 unspecified atom stereocenters. The van der Waals surface area contributed by atoms with Gasteiger partial charge in [-0.05, 0) is 26.0 Å². The van der Waals surface area contributed by atoms with Gasteiger partial charge in [-0.1, -0.05) is 0 Å². The van der Waals surface area contributed by atoms with Gasteiger partial charge < -0.3 is 5.73 Å². The van der Waals surface area contributed by atoms with Crippen LogP contribution < -0.4 is 5.73 Å². The average molecular weight is 254 g/mol. The van der Waals surface area contributed by atoms with Crippen LogP contribution in [0.2, 0.25) is 0 Å². The van der Waals surface area contributed by atoms with Crippen LogP contribution in [0.5, 0.6) is 0 Å². The largest absolute Gasteiger partial charge is 0.322 e. The zero-order valence-electron chi connectivity index (χ0n) is 10.8. The molecule has 3 rings (SSSR count). The van der Waals surface area contributed by atoms with Crippen LogP contribution in [0.1, 0.15) is 24.5 Å². The number of nitrogens with two attached hydrogens (primary N) is 1. The van der Waals surface area contributed by atoms with Crippen molar-refractivity contribution in [3.63, 3.8) is 0 Å². The van der Waals surface area contributed by atoms with Crippen molar-refractivity contribution in [1.82, 2.24) is 24.6 Å². The van der Waals surface area contributed by atoms with Gasteiger partial charge in [0.25, 0.3) is 0 Å². The molecular weight excluding hydrogens is 240 g/mol. The summed E-state index contributed by atoms with van der Waals surface area (Å²) in [6.45, 7) is 3.82. The summed E-state index contributed by atoms with van der Waals surface area (Å²) in [5.74, 6) is 1.37. The van der Waals surface area contributed by atoms with Crippen molar-refractivity contribution >= 4 is 5.52 Å². The first kappa shape index (κ1) is 11.7. The molecule has 3 aromatic rings. The first-order valence-electron chi connectivity index (χ1n) is 6.05. The van der Waals surface area contributed by atoms with E-state index in [4.69, 9.17) is 5.73 Å². The lowest BCUT2D eigenvalue weighted by Crippen LogP contribution is -2.11. The maximum absolute atomic E-state index is 5.93. The van der Waals surface area contributed by atoms with E-state index in [2.05, 4.69) is 20.1 Å². The summed E-state index contributed by atoms with van der Waals surface area (Å²) in [5, 5.41) is 4.52. The average Bonchev–Trinajstić information content (AvgIpc) is 2.77. The van der Waals surface area contributed by atoms with Gasteiger partial charge in [0.15, 0.2) is 5.82 Å². The maximum Gasteiger partial charge on any atom is 0.180 e. The summed E-state index contributed by atoms with van der Waals surface area (Å²) >= 11 is 0. The molecule has 0 aliphatic heterocycles. The quantitative estimate of drug-likeness (QED) is 0.749. The van der Waals surface area contributed by atoms with E-state index in [0.29, 0.717) is 5.82 Å². The SMILES string of the molecule is Cc1nc([C@H](C)N)n2nc(-c3ccncc3)ncc12. The van der Waals surface area contributed by atoms with Crippen molar-refractivity contribution < 1.29 is 0 Å². The van der Waals surface area contributed by atoms with Gasteiger partial charge in [-0.15, -0.1) is 5.10 Å². The van der Waals surface area contributed by atoms with Crippen LogP contribution in [0.3, 0.4) is 0 Å². The fraction of sp³-hybridized carbons (Fsp3) is 0.231. The highest BCUT2D eigenvalue weighted by molar-refractivity contribution is 5.57. The fourth-order valence-electron chi connectivity index (χ4n) is 1.98. The van der Waals surface area contributed by atoms with E-state index in [0.717, 1.165) is 22.6 Å². The summed E-state index contributed by atoms with van der Waals surface area (Å²) in [4.78, 5) is 12.8. The van der Waals surface area contributed by atoms with E-state index in [9.17, 15) is 0 Å². The number of imidazole rings is 1. The zero-order valence-corrected chi connectivity index (χ0v) is 10.8. The van der Waals surface area contributed by atoms with Crippen LogP contribution in [0.4, 0.5) is 0 Å². The van der Waals surface area contributed by atoms with Gasteiger partial charge >= 0.3 is 0 Å². The first-order valence-corrected chi connectivity index (χ1v) is 6.05. The minimum Gasteiger partial charge on any atom is -0.322 e. The van der Waals surface area contributed by atoms with Crippen molar-refractivity contribution in [1.29, 1.82) is 0 Å². The molecule has 0 amide bonds. The second-order valence-electron chi connectivity index (χ2n) is 4.46. The monoisotopic (exact) mass is 254 g/mol. The predicted octanol–water partition coefficient (Wildman–Crippen LogP) is 1.51. The molecule has 0 radical (unpaired) electrons. The van der Waals surface area contributed by atoms with Gasteiger partial charge in [0.2, 0.25) is 0 Å². The lowest BCUT2D eigenvalue weighted by atomic mass is 10.2. The Kier molecular flexibility index (Phi) is 2.72. The van der Waals surface area contributed by atoms with Crippen LogP contribution >= 0.6 is 0 Å². The topological polar surface area (TPSA) is 82.0 Å². The van der Waals surface area contributed by atoms with Crippen LogP contribution in [0.25, 0.3) is 16.9 Å². The van der Waals surface area contributed by atoms with Crippen LogP contribution in [-0.2, 0) is 0 Å². The second kappa shape index (κ2) is 4.40. The maximum atomic E-state index is 5.93. The van der Waals surface area contributed by atoms with E-state index in [1.54, 1.807) is 23.1 Å². The van der Waals surface area contributed by atoms with E-state index < -0.39 is 0 Å². The number of hydrogen-bond donors (Lipinski definition) is 1. The normalized spacial score (nSPS) is 12.8. The van der Waals surface area contributed by atoms with Gasteiger partial charge in [-0.2, -0.15) is 0 Å². The molecule has 1 atom stereocenters. The van der Waals surface area contributed by atoms with E-state index in [-0.39, 0.29) is 6.04 Å². The molecule has 19 heavy (non-hydrogen) atoms. The highest BCUT2D eigenvalue weighted by Gasteiger charge is 2.14. The summed E-state index contributed by atoms with van der Waals surface area (Å²) in [6.07, 6.45) is 5.21. The highest BCUT2D eigenvalue weighted by atomic mass is 15.3. The summed E-state index contributed by atoms with van der Waals surface area (Å²) in [5.41, 5.74) is 8.61. The van der Waals surface area contributed by atoms with Crippen molar-refractivity contribution in [2.45, 2.75) is 19.9 Å². The molecule has 6 heteroatoms. The lowest BCUT2D eigenvalue weighted by Gasteiger charge is -2.05. The number of fused-ring (bicyclic) bond motifs is 1. The number of aryl methyl sites for hydroxylation is 1. The van der Waals surface area contributed by atoms with Gasteiger partial charge in [0.05, 0.1) is 17.9 Å². The third-order valence-electron chi connectivity index (χ3n) is 2.95. The Labute approximate surface area is 110 Å². The Bertz CT molecular complexity index is 717. The van der Waals surface area contributed by atoms with Gasteiger partial charge in [-0.3, -0.25) is 4.98 Å². The van der Waals surface area contributed by atoms with E-state index >= 15 is 0 Å². The molecule has 0 spiro atoms. The van der Waals surface area contributed by atoms with Crippen LogP contribution in [-0.4, -0.2) is 24.6 Å². The van der Waals surface area contributed by atoms with Gasteiger partial charge in [-0.25, -0.2) is 14.5 Å². The zero-order chi connectivity index (χ0) is 13.4. The number of pyridine rings is 1. The number of nitrogens with zero attached hydrogens (tertiary/aromatic N) is 5. The smallest absolute Gasteiger partial charge is 0.180 e. The summed E-state index contributed by atoms with van der Waals surface area (Å²) < 4.78 is 1.77. The highest BCUT2D eigenvalue weighted by Crippen LogP contribution is 2.18. The molecule has 0 aliphatic rings. The minimum absolute atomic E-state index is 0.179. The summed E-state index contributed by atoms with van der Waals surface area (Å²) in [6, 6.07) is 3.56. The van der Waals surface area contributed by atoms with Gasteiger partial charge in [0, 0.05) is 18.0 Å². The van der Waals surface area contributed by atoms with Gasteiger partial charge in [0.1, 0.15) is 11.3 Å². The summed E-state index contributed by atoms with van der Waals surface area (Å²) in [7, 11) is 0. The van der Waals surface area contributed by atoms with Crippen molar-refractivity contribution in [3.05, 3.63) is 42.2 Å². The molecule has 96 valence electrons. The molecule has 0 aliphatic carbocycles. The van der Waals surface area contributed by atoms with E-state index in [1.165, 1.54) is 0 Å². The molecule has 0 fully saturated rings. The number of rotatable bonds is 2. The van der Waals surface area contributed by atoms with Crippen molar-refractivity contribution in [2.24, 2.45) is 5.73 Å². The molecule has 0 bridgehead atoms. The molecule has 0 saturated carbocycles. The van der Waals surface area contributed by atoms with E-state index in [1.807, 2.05) is 26.0 Å². The molecule has 2 N–H and O–H groups in total. The standard InChI is InChI=1S/C13H14N6/c1-8(14)13-17-9(2)11-7-16-12(18-19(11)13)10-3-5-15-6-4-10/h3-8H,14H2,1-2H3/t8-/m0/s1. The Morgan fingerprint density at radius 2 is 2.00 bits per heavy atom.